The molecule has 0 aromatic heterocycles. The largest absolute Gasteiger partial charge is 0.385 e. The number of unbranched alkanes of at least 4 members (excludes halogenated alkanes) is 1. The topological polar surface area (TPSA) is 35.2 Å². The fourth-order valence-corrected chi connectivity index (χ4v) is 1.78. The number of aryl methyl sites for hydroxylation is 1. The summed E-state index contributed by atoms with van der Waals surface area (Å²) in [6.45, 7) is 2.95. The Labute approximate surface area is 98.8 Å². The third-order valence-corrected chi connectivity index (χ3v) is 2.79. The Kier molecular flexibility index (Phi) is 6.12. The van der Waals surface area contributed by atoms with Crippen LogP contribution >= 0.6 is 0 Å². The Morgan fingerprint density at radius 2 is 1.88 bits per heavy atom. The van der Waals surface area contributed by atoms with E-state index in [0.29, 0.717) is 0 Å². The zero-order valence-electron chi connectivity index (χ0n) is 10.4. The van der Waals surface area contributed by atoms with E-state index in [4.69, 9.17) is 10.5 Å². The predicted molar refractivity (Wildman–Crippen MR) is 68.6 cm³/mol. The maximum Gasteiger partial charge on any atom is 0.0462 e. The van der Waals surface area contributed by atoms with Crippen molar-refractivity contribution in [2.75, 3.05) is 13.7 Å². The van der Waals surface area contributed by atoms with Gasteiger partial charge in [0, 0.05) is 19.8 Å². The lowest BCUT2D eigenvalue weighted by Crippen LogP contribution is -2.22. The summed E-state index contributed by atoms with van der Waals surface area (Å²) in [6, 6.07) is 8.91. The smallest absolute Gasteiger partial charge is 0.0462 e. The van der Waals surface area contributed by atoms with Gasteiger partial charge in [-0.2, -0.15) is 0 Å². The highest BCUT2D eigenvalue weighted by atomic mass is 16.5. The molecule has 0 saturated heterocycles. The third kappa shape index (κ3) is 5.29. The van der Waals surface area contributed by atoms with Gasteiger partial charge in [0.05, 0.1) is 0 Å². The average molecular weight is 221 g/mol. The van der Waals surface area contributed by atoms with Crippen LogP contribution in [0.4, 0.5) is 0 Å². The predicted octanol–water partition coefficient (Wildman–Crippen LogP) is 2.68. The van der Waals surface area contributed by atoms with Gasteiger partial charge in [-0.25, -0.2) is 0 Å². The lowest BCUT2D eigenvalue weighted by atomic mass is 10.0. The van der Waals surface area contributed by atoms with E-state index in [1.807, 2.05) is 0 Å². The normalized spacial score (nSPS) is 12.7. The second-order valence-corrected chi connectivity index (χ2v) is 4.44. The molecule has 0 amide bonds. The van der Waals surface area contributed by atoms with E-state index in [0.717, 1.165) is 32.3 Å². The molecule has 1 rings (SSSR count). The first-order valence-corrected chi connectivity index (χ1v) is 6.02. The van der Waals surface area contributed by atoms with Gasteiger partial charge >= 0.3 is 0 Å². The molecule has 1 unspecified atom stereocenters. The Morgan fingerprint density at radius 3 is 2.50 bits per heavy atom. The van der Waals surface area contributed by atoms with Gasteiger partial charge < -0.3 is 10.5 Å². The minimum atomic E-state index is 0.277. The number of benzene rings is 1. The molecule has 16 heavy (non-hydrogen) atoms. The lowest BCUT2D eigenvalue weighted by Gasteiger charge is -2.11. The van der Waals surface area contributed by atoms with Gasteiger partial charge in [0.25, 0.3) is 0 Å². The van der Waals surface area contributed by atoms with Gasteiger partial charge in [0.15, 0.2) is 0 Å². The number of ether oxygens (including phenoxy) is 1. The molecular weight excluding hydrogens is 198 g/mol. The van der Waals surface area contributed by atoms with Crippen LogP contribution in [-0.4, -0.2) is 19.8 Å². The number of hydrogen-bond acceptors (Lipinski definition) is 2. The molecule has 0 heterocycles. The summed E-state index contributed by atoms with van der Waals surface area (Å²) >= 11 is 0. The van der Waals surface area contributed by atoms with Gasteiger partial charge in [-0.15, -0.1) is 0 Å². The van der Waals surface area contributed by atoms with Crippen molar-refractivity contribution < 1.29 is 4.74 Å². The minimum Gasteiger partial charge on any atom is -0.385 e. The van der Waals surface area contributed by atoms with E-state index in [-0.39, 0.29) is 6.04 Å². The molecule has 0 radical (unpaired) electrons. The highest BCUT2D eigenvalue weighted by molar-refractivity contribution is 5.21. The first-order chi connectivity index (χ1) is 7.72. The van der Waals surface area contributed by atoms with Crippen molar-refractivity contribution in [2.45, 2.75) is 38.6 Å². The third-order valence-electron chi connectivity index (χ3n) is 2.79. The molecule has 0 aliphatic carbocycles. The summed E-state index contributed by atoms with van der Waals surface area (Å²) in [5, 5.41) is 0. The van der Waals surface area contributed by atoms with Crippen molar-refractivity contribution in [1.82, 2.24) is 0 Å². The number of hydrogen-bond donors (Lipinski definition) is 1. The van der Waals surface area contributed by atoms with Gasteiger partial charge in [-0.1, -0.05) is 29.8 Å². The Hall–Kier alpha value is -0.860. The minimum absolute atomic E-state index is 0.277. The highest BCUT2D eigenvalue weighted by Gasteiger charge is 2.03. The maximum absolute atomic E-state index is 6.09. The van der Waals surface area contributed by atoms with Gasteiger partial charge in [-0.05, 0) is 38.2 Å². The fraction of sp³-hybridized carbons (Fsp3) is 0.571. The van der Waals surface area contributed by atoms with Gasteiger partial charge in [0.2, 0.25) is 0 Å². The molecule has 0 saturated carbocycles. The van der Waals surface area contributed by atoms with Crippen LogP contribution in [0.2, 0.25) is 0 Å². The van der Waals surface area contributed by atoms with Crippen LogP contribution < -0.4 is 5.73 Å². The molecule has 90 valence electrons. The van der Waals surface area contributed by atoms with Crippen molar-refractivity contribution in [3.05, 3.63) is 35.4 Å². The molecule has 0 spiro atoms. The molecule has 2 N–H and O–H groups in total. The Balaban J connectivity index is 2.23. The van der Waals surface area contributed by atoms with E-state index in [2.05, 4.69) is 31.2 Å². The Bertz CT molecular complexity index is 281. The van der Waals surface area contributed by atoms with Crippen molar-refractivity contribution in [3.63, 3.8) is 0 Å². The summed E-state index contributed by atoms with van der Waals surface area (Å²) in [4.78, 5) is 0. The molecule has 0 bridgehead atoms. The lowest BCUT2D eigenvalue weighted by molar-refractivity contribution is 0.191. The van der Waals surface area contributed by atoms with Crippen LogP contribution in [0.3, 0.4) is 0 Å². The summed E-state index contributed by atoms with van der Waals surface area (Å²) < 4.78 is 5.01. The highest BCUT2D eigenvalue weighted by Crippen LogP contribution is 2.08. The van der Waals surface area contributed by atoms with Gasteiger partial charge in [-0.3, -0.25) is 0 Å². The van der Waals surface area contributed by atoms with Crippen LogP contribution in [0.25, 0.3) is 0 Å². The van der Waals surface area contributed by atoms with E-state index < -0.39 is 0 Å². The SMILES string of the molecule is COCCCCC(N)Cc1ccc(C)cc1. The standard InChI is InChI=1S/C14H23NO/c1-12-6-8-13(9-7-12)11-14(15)5-3-4-10-16-2/h6-9,14H,3-5,10-11,15H2,1-2H3. The molecule has 2 heteroatoms. The molecular formula is C14H23NO. The molecule has 2 nitrogen and oxygen atoms in total. The van der Waals surface area contributed by atoms with E-state index in [1.165, 1.54) is 11.1 Å². The summed E-state index contributed by atoms with van der Waals surface area (Å²) in [7, 11) is 1.74. The van der Waals surface area contributed by atoms with Crippen molar-refractivity contribution in [3.8, 4) is 0 Å². The molecule has 1 aromatic carbocycles. The Morgan fingerprint density at radius 1 is 1.19 bits per heavy atom. The van der Waals surface area contributed by atoms with Crippen LogP contribution in [0, 0.1) is 6.92 Å². The fourth-order valence-electron chi connectivity index (χ4n) is 1.78. The second kappa shape index (κ2) is 7.42. The first-order valence-electron chi connectivity index (χ1n) is 6.02. The van der Waals surface area contributed by atoms with Crippen LogP contribution in [0.15, 0.2) is 24.3 Å². The molecule has 0 aliphatic heterocycles. The van der Waals surface area contributed by atoms with Crippen LogP contribution in [-0.2, 0) is 11.2 Å². The zero-order chi connectivity index (χ0) is 11.8. The average Bonchev–Trinajstić information content (AvgIpc) is 2.28. The summed E-state index contributed by atoms with van der Waals surface area (Å²) in [5.41, 5.74) is 8.73. The van der Waals surface area contributed by atoms with Crippen LogP contribution in [0.5, 0.6) is 0 Å². The zero-order valence-corrected chi connectivity index (χ0v) is 10.4. The van der Waals surface area contributed by atoms with Gasteiger partial charge in [0.1, 0.15) is 0 Å². The quantitative estimate of drug-likeness (QED) is 0.718. The van der Waals surface area contributed by atoms with Crippen molar-refractivity contribution >= 4 is 0 Å². The number of rotatable bonds is 7. The summed E-state index contributed by atoms with van der Waals surface area (Å²) in [6.07, 6.45) is 4.32. The molecule has 0 aliphatic rings. The molecule has 1 aromatic rings. The molecule has 1 atom stereocenters. The summed E-state index contributed by atoms with van der Waals surface area (Å²) in [5.74, 6) is 0. The first kappa shape index (κ1) is 13.2. The monoisotopic (exact) mass is 221 g/mol. The van der Waals surface area contributed by atoms with Crippen molar-refractivity contribution in [2.24, 2.45) is 5.73 Å². The van der Waals surface area contributed by atoms with E-state index >= 15 is 0 Å². The van der Waals surface area contributed by atoms with Crippen LogP contribution in [0.1, 0.15) is 30.4 Å². The van der Waals surface area contributed by atoms with Crippen molar-refractivity contribution in [1.29, 1.82) is 0 Å². The number of methoxy groups -OCH3 is 1. The maximum atomic E-state index is 6.09. The second-order valence-electron chi connectivity index (χ2n) is 4.44. The van der Waals surface area contributed by atoms with E-state index in [1.54, 1.807) is 7.11 Å². The number of nitrogens with two attached hydrogens (primary N) is 1. The molecule has 0 fully saturated rings. The van der Waals surface area contributed by atoms with E-state index in [9.17, 15) is 0 Å².